The minimum Gasteiger partial charge on any atom is -0.490 e. The molecule has 5 heteroatoms. The number of anilines is 1. The molecule has 0 aliphatic carbocycles. The van der Waals surface area contributed by atoms with Gasteiger partial charge in [-0.1, -0.05) is 24.3 Å². The van der Waals surface area contributed by atoms with Gasteiger partial charge in [0.15, 0.2) is 17.1 Å². The van der Waals surface area contributed by atoms with Gasteiger partial charge in [-0.2, -0.15) is 0 Å². The number of fused-ring (bicyclic) bond motifs is 1. The zero-order valence-electron chi connectivity index (χ0n) is 13.0. The Hall–Kier alpha value is -2.40. The van der Waals surface area contributed by atoms with E-state index in [2.05, 4.69) is 5.32 Å². The van der Waals surface area contributed by atoms with Crippen LogP contribution in [0, 0.1) is 0 Å². The van der Waals surface area contributed by atoms with E-state index in [-0.39, 0.29) is 11.7 Å². The number of carbonyl (C=O) groups excluding carboxylic acids is 1. The second-order valence-corrected chi connectivity index (χ2v) is 5.72. The predicted molar refractivity (Wildman–Crippen MR) is 93.6 cm³/mol. The summed E-state index contributed by atoms with van der Waals surface area (Å²) in [4.78, 5) is 13.5. The van der Waals surface area contributed by atoms with E-state index < -0.39 is 0 Å². The standard InChI is InChI=1S/C18H17NO3S/c1-3-21-14-9-6-7-12-11-15(22-17(12)14)18(20)19-13-8-4-5-10-16(13)23-2/h4-11H,3H2,1-2H3,(H,19,20). The number of carbonyl (C=O) groups is 1. The maximum absolute atomic E-state index is 12.5. The molecule has 23 heavy (non-hydrogen) atoms. The van der Waals surface area contributed by atoms with Gasteiger partial charge in [0.1, 0.15) is 0 Å². The fraction of sp³-hybridized carbons (Fsp3) is 0.167. The molecule has 1 heterocycles. The Balaban J connectivity index is 1.91. The molecule has 1 N–H and O–H groups in total. The van der Waals surface area contributed by atoms with Gasteiger partial charge in [0.2, 0.25) is 0 Å². The number of hydrogen-bond donors (Lipinski definition) is 1. The van der Waals surface area contributed by atoms with Crippen LogP contribution in [-0.2, 0) is 0 Å². The van der Waals surface area contributed by atoms with Crippen LogP contribution >= 0.6 is 11.8 Å². The number of para-hydroxylation sites is 2. The maximum Gasteiger partial charge on any atom is 0.291 e. The molecule has 0 spiro atoms. The molecule has 3 rings (SSSR count). The summed E-state index contributed by atoms with van der Waals surface area (Å²) in [6, 6.07) is 15.0. The molecule has 0 unspecified atom stereocenters. The number of hydrogen-bond acceptors (Lipinski definition) is 4. The Morgan fingerprint density at radius 2 is 2.04 bits per heavy atom. The van der Waals surface area contributed by atoms with E-state index in [1.165, 1.54) is 0 Å². The Bertz CT molecular complexity index is 841. The molecule has 0 fully saturated rings. The fourth-order valence-corrected chi connectivity index (χ4v) is 2.90. The van der Waals surface area contributed by atoms with Crippen LogP contribution in [0.4, 0.5) is 5.69 Å². The first-order valence-corrected chi connectivity index (χ1v) is 8.55. The number of thioether (sulfide) groups is 1. The van der Waals surface area contributed by atoms with Crippen LogP contribution in [0.1, 0.15) is 17.5 Å². The smallest absolute Gasteiger partial charge is 0.291 e. The highest BCUT2D eigenvalue weighted by Crippen LogP contribution is 2.30. The molecule has 1 aromatic heterocycles. The molecule has 0 saturated carbocycles. The molecular formula is C18H17NO3S. The number of furan rings is 1. The third-order valence-electron chi connectivity index (χ3n) is 3.39. The first-order chi connectivity index (χ1) is 11.2. The van der Waals surface area contributed by atoms with Gasteiger partial charge in [-0.3, -0.25) is 4.79 Å². The maximum atomic E-state index is 12.5. The average molecular weight is 327 g/mol. The minimum atomic E-state index is -0.273. The lowest BCUT2D eigenvalue weighted by Gasteiger charge is -2.07. The van der Waals surface area contributed by atoms with Crippen molar-refractivity contribution in [1.82, 2.24) is 0 Å². The third-order valence-corrected chi connectivity index (χ3v) is 4.18. The first-order valence-electron chi connectivity index (χ1n) is 7.32. The lowest BCUT2D eigenvalue weighted by atomic mass is 10.2. The van der Waals surface area contributed by atoms with Crippen molar-refractivity contribution in [3.05, 3.63) is 54.3 Å². The summed E-state index contributed by atoms with van der Waals surface area (Å²) < 4.78 is 11.3. The SMILES string of the molecule is CCOc1cccc2cc(C(=O)Nc3ccccc3SC)oc12. The number of ether oxygens (including phenoxy) is 1. The van der Waals surface area contributed by atoms with Crippen molar-refractivity contribution in [3.8, 4) is 5.75 Å². The molecule has 3 aromatic rings. The van der Waals surface area contributed by atoms with Crippen molar-refractivity contribution in [2.45, 2.75) is 11.8 Å². The zero-order valence-corrected chi connectivity index (χ0v) is 13.8. The molecule has 0 aliphatic rings. The summed E-state index contributed by atoms with van der Waals surface area (Å²) in [5.74, 6) is 0.641. The quantitative estimate of drug-likeness (QED) is 0.684. The van der Waals surface area contributed by atoms with E-state index in [9.17, 15) is 4.79 Å². The zero-order chi connectivity index (χ0) is 16.2. The van der Waals surface area contributed by atoms with Gasteiger partial charge >= 0.3 is 0 Å². The van der Waals surface area contributed by atoms with E-state index in [1.54, 1.807) is 17.8 Å². The number of amides is 1. The highest BCUT2D eigenvalue weighted by Gasteiger charge is 2.16. The molecule has 0 bridgehead atoms. The van der Waals surface area contributed by atoms with Gasteiger partial charge in [0.25, 0.3) is 5.91 Å². The highest BCUT2D eigenvalue weighted by molar-refractivity contribution is 7.98. The summed E-state index contributed by atoms with van der Waals surface area (Å²) in [5.41, 5.74) is 1.37. The van der Waals surface area contributed by atoms with Gasteiger partial charge in [0, 0.05) is 10.3 Å². The normalized spacial score (nSPS) is 10.7. The summed E-state index contributed by atoms with van der Waals surface area (Å²) >= 11 is 1.58. The Labute approximate surface area is 138 Å². The van der Waals surface area contributed by atoms with Crippen molar-refractivity contribution >= 4 is 34.3 Å². The molecule has 2 aromatic carbocycles. The highest BCUT2D eigenvalue weighted by atomic mass is 32.2. The molecule has 118 valence electrons. The van der Waals surface area contributed by atoms with Crippen LogP contribution in [0.5, 0.6) is 5.75 Å². The van der Waals surface area contributed by atoms with Crippen LogP contribution in [0.15, 0.2) is 57.8 Å². The van der Waals surface area contributed by atoms with Crippen LogP contribution in [0.2, 0.25) is 0 Å². The van der Waals surface area contributed by atoms with Gasteiger partial charge in [-0.25, -0.2) is 0 Å². The van der Waals surface area contributed by atoms with Crippen molar-refractivity contribution < 1.29 is 13.9 Å². The van der Waals surface area contributed by atoms with Crippen LogP contribution in [0.25, 0.3) is 11.0 Å². The Morgan fingerprint density at radius 1 is 1.22 bits per heavy atom. The third kappa shape index (κ3) is 3.19. The lowest BCUT2D eigenvalue weighted by molar-refractivity contribution is 0.0998. The van der Waals surface area contributed by atoms with E-state index >= 15 is 0 Å². The molecule has 0 atom stereocenters. The van der Waals surface area contributed by atoms with Crippen LogP contribution < -0.4 is 10.1 Å². The second kappa shape index (κ2) is 6.79. The summed E-state index contributed by atoms with van der Waals surface area (Å²) in [7, 11) is 0. The van der Waals surface area contributed by atoms with E-state index in [4.69, 9.17) is 9.15 Å². The van der Waals surface area contributed by atoms with E-state index in [1.807, 2.05) is 55.6 Å². The number of benzene rings is 2. The molecular weight excluding hydrogens is 310 g/mol. The van der Waals surface area contributed by atoms with Crippen molar-refractivity contribution in [3.63, 3.8) is 0 Å². The molecule has 0 saturated heterocycles. The summed E-state index contributed by atoms with van der Waals surface area (Å²) in [6.07, 6.45) is 1.97. The van der Waals surface area contributed by atoms with E-state index in [0.717, 1.165) is 16.0 Å². The summed E-state index contributed by atoms with van der Waals surface area (Å²) in [5, 5.41) is 3.74. The minimum absolute atomic E-state index is 0.267. The van der Waals surface area contributed by atoms with E-state index in [0.29, 0.717) is 17.9 Å². The molecule has 0 aliphatic heterocycles. The van der Waals surface area contributed by atoms with Crippen molar-refractivity contribution in [2.24, 2.45) is 0 Å². The molecule has 0 radical (unpaired) electrons. The number of nitrogens with one attached hydrogen (secondary N) is 1. The average Bonchev–Trinajstić information content (AvgIpc) is 3.01. The molecule has 4 nitrogen and oxygen atoms in total. The predicted octanol–water partition coefficient (Wildman–Crippen LogP) is 4.81. The van der Waals surface area contributed by atoms with Crippen molar-refractivity contribution in [1.29, 1.82) is 0 Å². The first kappa shape index (κ1) is 15.5. The van der Waals surface area contributed by atoms with Crippen molar-refractivity contribution in [2.75, 3.05) is 18.2 Å². The van der Waals surface area contributed by atoms with Gasteiger partial charge < -0.3 is 14.5 Å². The summed E-state index contributed by atoms with van der Waals surface area (Å²) in [6.45, 7) is 2.46. The monoisotopic (exact) mass is 327 g/mol. The van der Waals surface area contributed by atoms with Gasteiger partial charge in [-0.05, 0) is 37.4 Å². The van der Waals surface area contributed by atoms with Gasteiger partial charge in [0.05, 0.1) is 12.3 Å². The lowest BCUT2D eigenvalue weighted by Crippen LogP contribution is -2.11. The van der Waals surface area contributed by atoms with Crippen LogP contribution in [-0.4, -0.2) is 18.8 Å². The Kier molecular flexibility index (Phi) is 4.57. The van der Waals surface area contributed by atoms with Gasteiger partial charge in [-0.15, -0.1) is 11.8 Å². The second-order valence-electron chi connectivity index (χ2n) is 4.87. The fourth-order valence-electron chi connectivity index (χ4n) is 2.35. The topological polar surface area (TPSA) is 51.5 Å². The molecule has 1 amide bonds. The Morgan fingerprint density at radius 3 is 2.83 bits per heavy atom. The number of rotatable bonds is 5. The largest absolute Gasteiger partial charge is 0.490 e. The van der Waals surface area contributed by atoms with Crippen LogP contribution in [0.3, 0.4) is 0 Å².